The van der Waals surface area contributed by atoms with Gasteiger partial charge in [0.05, 0.1) is 0 Å². The smallest absolute Gasteiger partial charge is 0.324 e. The second-order valence-electron chi connectivity index (χ2n) is 5.28. The first-order chi connectivity index (χ1) is 11.2. The maximum absolute atomic E-state index is 11.2. The van der Waals surface area contributed by atoms with Crippen LogP contribution in [0.15, 0.2) is 60.7 Å². The molecule has 0 saturated heterocycles. The predicted molar refractivity (Wildman–Crippen MR) is 93.4 cm³/mol. The zero-order chi connectivity index (χ0) is 17.8. The van der Waals surface area contributed by atoms with Crippen LogP contribution in [0.5, 0.6) is 0 Å². The molecule has 6 nitrogen and oxygen atoms in total. The van der Waals surface area contributed by atoms with E-state index in [0.29, 0.717) is 0 Å². The lowest BCUT2D eigenvalue weighted by Gasteiger charge is -2.17. The van der Waals surface area contributed by atoms with Crippen molar-refractivity contribution in [3.05, 3.63) is 66.2 Å². The van der Waals surface area contributed by atoms with E-state index in [1.807, 2.05) is 54.6 Å². The fourth-order valence-corrected chi connectivity index (χ4v) is 4.57. The van der Waals surface area contributed by atoms with E-state index < -0.39 is 27.0 Å². The van der Waals surface area contributed by atoms with Crippen molar-refractivity contribution in [3.8, 4) is 11.1 Å². The lowest BCUT2D eigenvalue weighted by Crippen LogP contribution is -2.07. The summed E-state index contributed by atoms with van der Waals surface area (Å²) in [4.78, 5) is 36.2. The van der Waals surface area contributed by atoms with Gasteiger partial charge in [-0.15, -0.1) is 0 Å². The van der Waals surface area contributed by atoms with Crippen LogP contribution in [0.1, 0.15) is 12.0 Å². The molecule has 0 saturated carbocycles. The summed E-state index contributed by atoms with van der Waals surface area (Å²) in [5.74, 6) is 0. The summed E-state index contributed by atoms with van der Waals surface area (Å²) in [6, 6.07) is 17.2. The van der Waals surface area contributed by atoms with Gasteiger partial charge in [0.25, 0.3) is 0 Å². The maximum atomic E-state index is 11.2. The molecule has 0 unspecified atom stereocenters. The van der Waals surface area contributed by atoms with Gasteiger partial charge in [-0.2, -0.15) is 0 Å². The van der Waals surface area contributed by atoms with Crippen LogP contribution >= 0.6 is 15.2 Å². The van der Waals surface area contributed by atoms with Gasteiger partial charge in [0.1, 0.15) is 0 Å². The van der Waals surface area contributed by atoms with E-state index >= 15 is 0 Å². The summed E-state index contributed by atoms with van der Waals surface area (Å²) < 4.78 is 22.4. The average molecular weight is 368 g/mol. The Hall–Kier alpha value is -1.52. The van der Waals surface area contributed by atoms with Gasteiger partial charge >= 0.3 is 15.2 Å². The number of rotatable bonds is 6. The number of benzene rings is 2. The monoisotopic (exact) mass is 368 g/mol. The second kappa shape index (κ2) is 7.58. The molecule has 0 radical (unpaired) electrons. The second-order valence-corrected chi connectivity index (χ2v) is 9.30. The molecule has 0 aliphatic rings. The van der Waals surface area contributed by atoms with Crippen molar-refractivity contribution in [1.82, 2.24) is 0 Å². The molecule has 0 aliphatic heterocycles. The van der Waals surface area contributed by atoms with Gasteiger partial charge in [-0.1, -0.05) is 66.7 Å². The third-order valence-electron chi connectivity index (χ3n) is 3.45. The highest BCUT2D eigenvalue weighted by Gasteiger charge is 2.42. The van der Waals surface area contributed by atoms with E-state index in [2.05, 4.69) is 0 Å². The topological polar surface area (TPSA) is 115 Å². The van der Waals surface area contributed by atoms with E-state index in [4.69, 9.17) is 19.6 Å². The Morgan fingerprint density at radius 3 is 1.79 bits per heavy atom. The molecule has 0 aromatic heterocycles. The summed E-state index contributed by atoms with van der Waals surface area (Å²) in [6.07, 6.45) is 2.53. The molecule has 4 N–H and O–H groups in total. The molecule has 8 heteroatoms. The van der Waals surface area contributed by atoms with E-state index in [1.165, 1.54) is 6.08 Å². The van der Waals surface area contributed by atoms with E-state index in [9.17, 15) is 9.13 Å². The van der Waals surface area contributed by atoms with E-state index in [-0.39, 0.29) is 0 Å². The lowest BCUT2D eigenvalue weighted by atomic mass is 10.0. The zero-order valence-electron chi connectivity index (χ0n) is 12.6. The number of hydrogen-bond acceptors (Lipinski definition) is 2. The summed E-state index contributed by atoms with van der Waals surface area (Å²) in [6.45, 7) is 0. The van der Waals surface area contributed by atoms with Crippen molar-refractivity contribution in [3.63, 3.8) is 0 Å². The summed E-state index contributed by atoms with van der Waals surface area (Å²) in [7, 11) is -9.76. The van der Waals surface area contributed by atoms with Crippen LogP contribution < -0.4 is 0 Å². The minimum Gasteiger partial charge on any atom is -0.324 e. The minimum atomic E-state index is -4.88. The summed E-state index contributed by atoms with van der Waals surface area (Å²) in [5.41, 5.74) is 2.86. The molecule has 0 bridgehead atoms. The largest absolute Gasteiger partial charge is 0.341 e. The molecule has 0 heterocycles. The van der Waals surface area contributed by atoms with Crippen molar-refractivity contribution in [2.45, 2.75) is 11.8 Å². The summed E-state index contributed by atoms with van der Waals surface area (Å²) >= 11 is 0. The van der Waals surface area contributed by atoms with E-state index in [1.54, 1.807) is 6.08 Å². The van der Waals surface area contributed by atoms with Crippen molar-refractivity contribution in [2.75, 3.05) is 0 Å². The van der Waals surface area contributed by atoms with Gasteiger partial charge in [-0.3, -0.25) is 9.13 Å². The zero-order valence-corrected chi connectivity index (χ0v) is 14.4. The Labute approximate surface area is 139 Å². The lowest BCUT2D eigenvalue weighted by molar-refractivity contribution is 0.339. The Bertz CT molecular complexity index is 767. The van der Waals surface area contributed by atoms with E-state index in [0.717, 1.165) is 16.7 Å². The maximum Gasteiger partial charge on any atom is 0.341 e. The Balaban J connectivity index is 2.10. The SMILES string of the molecule is O=P(O)(O)C(C/C=C/c1ccc(-c2ccccc2)cc1)P(=O)(O)O. The number of hydrogen-bond donors (Lipinski definition) is 4. The molecule has 2 rings (SSSR count). The van der Waals surface area contributed by atoms with Crippen molar-refractivity contribution < 1.29 is 28.7 Å². The van der Waals surface area contributed by atoms with Gasteiger partial charge in [0, 0.05) is 0 Å². The first-order valence-electron chi connectivity index (χ1n) is 7.10. The molecule has 24 heavy (non-hydrogen) atoms. The molecular weight excluding hydrogens is 350 g/mol. The Morgan fingerprint density at radius 2 is 1.29 bits per heavy atom. The summed E-state index contributed by atoms with van der Waals surface area (Å²) in [5, 5.41) is -2.01. The van der Waals surface area contributed by atoms with Crippen molar-refractivity contribution in [1.29, 1.82) is 0 Å². The molecule has 0 fully saturated rings. The highest BCUT2D eigenvalue weighted by molar-refractivity contribution is 7.70. The fraction of sp³-hybridized carbons (Fsp3) is 0.125. The third kappa shape index (κ3) is 5.25. The van der Waals surface area contributed by atoms with Gasteiger partial charge in [-0.05, 0) is 23.1 Å². The Kier molecular flexibility index (Phi) is 5.94. The van der Waals surface area contributed by atoms with Gasteiger partial charge in [0.15, 0.2) is 5.40 Å². The van der Waals surface area contributed by atoms with Crippen LogP contribution in [-0.4, -0.2) is 25.0 Å². The molecule has 2 aromatic carbocycles. The first kappa shape index (κ1) is 18.8. The molecule has 0 spiro atoms. The molecule has 2 aromatic rings. The van der Waals surface area contributed by atoms with Crippen LogP contribution in [0.25, 0.3) is 17.2 Å². The normalized spacial score (nSPS) is 12.9. The number of allylic oxidation sites excluding steroid dienone is 1. The van der Waals surface area contributed by atoms with Crippen LogP contribution in [0, 0.1) is 0 Å². The van der Waals surface area contributed by atoms with Crippen LogP contribution in [-0.2, 0) is 9.13 Å². The molecule has 0 atom stereocenters. The third-order valence-corrected chi connectivity index (χ3v) is 7.23. The molecule has 0 amide bonds. The Morgan fingerprint density at radius 1 is 0.792 bits per heavy atom. The van der Waals surface area contributed by atoms with Crippen molar-refractivity contribution >= 4 is 21.3 Å². The highest BCUT2D eigenvalue weighted by Crippen LogP contribution is 2.61. The fourth-order valence-electron chi connectivity index (χ4n) is 2.21. The quantitative estimate of drug-likeness (QED) is 0.581. The average Bonchev–Trinajstić information content (AvgIpc) is 2.50. The first-order valence-corrected chi connectivity index (χ1v) is 10.5. The van der Waals surface area contributed by atoms with Crippen LogP contribution in [0.2, 0.25) is 0 Å². The molecule has 128 valence electrons. The molecular formula is C16H18O6P2. The van der Waals surface area contributed by atoms with Crippen LogP contribution in [0.3, 0.4) is 0 Å². The van der Waals surface area contributed by atoms with Gasteiger partial charge in [0.2, 0.25) is 0 Å². The standard InChI is InChI=1S/C16H18O6P2/c17-23(18,19)16(24(20,21)22)8-4-5-13-9-11-15(12-10-13)14-6-2-1-3-7-14/h1-7,9-12,16H,8H2,(H2,17,18,19)(H2,20,21,22)/b5-4+. The van der Waals surface area contributed by atoms with Crippen molar-refractivity contribution in [2.24, 2.45) is 0 Å². The molecule has 0 aliphatic carbocycles. The van der Waals surface area contributed by atoms with Gasteiger partial charge < -0.3 is 19.6 Å². The van der Waals surface area contributed by atoms with Gasteiger partial charge in [-0.25, -0.2) is 0 Å². The van der Waals surface area contributed by atoms with Crippen LogP contribution in [0.4, 0.5) is 0 Å². The minimum absolute atomic E-state index is 0.408. The predicted octanol–water partition coefficient (Wildman–Crippen LogP) is 3.44. The highest BCUT2D eigenvalue weighted by atomic mass is 31.2.